The number of hydrogen-bond acceptors (Lipinski definition) is 5. The molecular formula is C30H41ClN2O4. The number of amides is 1. The number of carbonyl (C=O) groups is 2. The monoisotopic (exact) mass is 528 g/mol. The highest BCUT2D eigenvalue weighted by molar-refractivity contribution is 6.33. The van der Waals surface area contributed by atoms with Crippen LogP contribution in [0.3, 0.4) is 0 Å². The maximum Gasteiger partial charge on any atom is 0.305 e. The first-order valence-corrected chi connectivity index (χ1v) is 14.1. The molecule has 4 rings (SSSR count). The summed E-state index contributed by atoms with van der Waals surface area (Å²) in [5, 5.41) is 7.98. The van der Waals surface area contributed by atoms with Crippen molar-refractivity contribution in [3.8, 4) is 0 Å². The second-order valence-corrected chi connectivity index (χ2v) is 12.6. The third kappa shape index (κ3) is 7.37. The van der Waals surface area contributed by atoms with Crippen molar-refractivity contribution < 1.29 is 18.8 Å². The molecule has 6 nitrogen and oxygen atoms in total. The molecule has 2 aromatic rings. The first-order valence-electron chi connectivity index (χ1n) is 13.7. The van der Waals surface area contributed by atoms with Gasteiger partial charge in [-0.15, -0.1) is 0 Å². The van der Waals surface area contributed by atoms with E-state index in [0.29, 0.717) is 47.4 Å². The van der Waals surface area contributed by atoms with Crippen LogP contribution in [0, 0.1) is 24.2 Å². The highest BCUT2D eigenvalue weighted by Gasteiger charge is 2.41. The van der Waals surface area contributed by atoms with Crippen LogP contribution in [-0.4, -0.2) is 23.6 Å². The minimum absolute atomic E-state index is 0.171. The average molecular weight is 529 g/mol. The number of rotatable bonds is 11. The Kier molecular flexibility index (Phi) is 8.67. The van der Waals surface area contributed by atoms with E-state index in [0.717, 1.165) is 48.6 Å². The number of carbonyl (C=O) groups excluding carboxylic acids is 2. The van der Waals surface area contributed by atoms with Crippen LogP contribution in [0.25, 0.3) is 0 Å². The lowest BCUT2D eigenvalue weighted by Crippen LogP contribution is -2.27. The van der Waals surface area contributed by atoms with Crippen LogP contribution < -0.4 is 5.32 Å². The molecule has 37 heavy (non-hydrogen) atoms. The van der Waals surface area contributed by atoms with Crippen molar-refractivity contribution >= 4 is 29.2 Å². The van der Waals surface area contributed by atoms with Gasteiger partial charge in [0.1, 0.15) is 5.76 Å². The summed E-state index contributed by atoms with van der Waals surface area (Å²) in [6.45, 7) is 11.0. The lowest BCUT2D eigenvalue weighted by Gasteiger charge is -2.38. The first-order chi connectivity index (χ1) is 17.5. The number of nitrogens with one attached hydrogen (secondary N) is 1. The van der Waals surface area contributed by atoms with Gasteiger partial charge in [-0.1, -0.05) is 43.6 Å². The second-order valence-electron chi connectivity index (χ2n) is 12.2. The second kappa shape index (κ2) is 11.6. The van der Waals surface area contributed by atoms with E-state index in [-0.39, 0.29) is 18.3 Å². The van der Waals surface area contributed by atoms with Crippen molar-refractivity contribution in [3.05, 3.63) is 45.8 Å². The summed E-state index contributed by atoms with van der Waals surface area (Å²) in [5.41, 5.74) is 4.02. The van der Waals surface area contributed by atoms with Crippen LogP contribution in [0.15, 0.2) is 22.7 Å². The van der Waals surface area contributed by atoms with E-state index in [4.69, 9.17) is 20.9 Å². The molecule has 1 aromatic carbocycles. The van der Waals surface area contributed by atoms with E-state index in [2.05, 4.69) is 31.2 Å². The quantitative estimate of drug-likeness (QED) is 0.304. The van der Waals surface area contributed by atoms with Crippen molar-refractivity contribution in [2.75, 3.05) is 11.9 Å². The molecule has 202 valence electrons. The third-order valence-electron chi connectivity index (χ3n) is 7.52. The third-order valence-corrected chi connectivity index (χ3v) is 7.83. The number of nitrogens with zero attached hydrogens (tertiary/aromatic N) is 1. The molecule has 2 fully saturated rings. The molecule has 0 saturated heterocycles. The molecule has 1 atom stereocenters. The van der Waals surface area contributed by atoms with Crippen molar-refractivity contribution in [1.29, 1.82) is 0 Å². The molecule has 1 aromatic heterocycles. The topological polar surface area (TPSA) is 81.4 Å². The molecule has 0 aliphatic heterocycles. The van der Waals surface area contributed by atoms with Gasteiger partial charge in [0.2, 0.25) is 5.91 Å². The zero-order valence-corrected chi connectivity index (χ0v) is 23.6. The fraction of sp³-hybridized carbons (Fsp3) is 0.633. The number of halogens is 1. The standard InChI is InChI=1S/C30H41ClN2O4/c1-6-36-26(34)12-10-21(29(35)32-24-11-7-18(2)13-23(24)31)16-25-27(20-8-9-20)28(37-33-25)22-14-19(15-22)17-30(3,4)5/h7,11,13,19-22H,6,8-10,12,14-17H2,1-5H3,(H,32,35). The van der Waals surface area contributed by atoms with Crippen LogP contribution in [-0.2, 0) is 20.7 Å². The smallest absolute Gasteiger partial charge is 0.305 e. The molecule has 1 unspecified atom stereocenters. The van der Waals surface area contributed by atoms with Gasteiger partial charge in [-0.05, 0) is 87.3 Å². The Bertz CT molecular complexity index is 1110. The Morgan fingerprint density at radius 2 is 1.95 bits per heavy atom. The Balaban J connectivity index is 1.50. The molecule has 1 amide bonds. The fourth-order valence-electron chi connectivity index (χ4n) is 5.62. The van der Waals surface area contributed by atoms with Gasteiger partial charge in [-0.3, -0.25) is 9.59 Å². The predicted molar refractivity (Wildman–Crippen MR) is 146 cm³/mol. The van der Waals surface area contributed by atoms with E-state index >= 15 is 0 Å². The molecule has 0 radical (unpaired) electrons. The average Bonchev–Trinajstić information content (AvgIpc) is 3.54. The number of aromatic nitrogens is 1. The van der Waals surface area contributed by atoms with E-state index in [1.54, 1.807) is 6.92 Å². The lowest BCUT2D eigenvalue weighted by molar-refractivity contribution is -0.143. The van der Waals surface area contributed by atoms with Gasteiger partial charge in [0.25, 0.3) is 0 Å². The first kappa shape index (κ1) is 27.7. The van der Waals surface area contributed by atoms with Crippen LogP contribution in [0.1, 0.15) is 107 Å². The van der Waals surface area contributed by atoms with Crippen LogP contribution in [0.4, 0.5) is 5.69 Å². The number of hydrogen-bond donors (Lipinski definition) is 1. The molecule has 2 saturated carbocycles. The van der Waals surface area contributed by atoms with Gasteiger partial charge in [-0.2, -0.15) is 0 Å². The van der Waals surface area contributed by atoms with Gasteiger partial charge in [-0.25, -0.2) is 0 Å². The van der Waals surface area contributed by atoms with Gasteiger partial charge >= 0.3 is 5.97 Å². The number of aryl methyl sites for hydroxylation is 1. The van der Waals surface area contributed by atoms with E-state index < -0.39 is 5.92 Å². The van der Waals surface area contributed by atoms with E-state index in [1.807, 2.05) is 25.1 Å². The Hall–Kier alpha value is -2.34. The summed E-state index contributed by atoms with van der Waals surface area (Å²) in [5.74, 6) is 1.74. The van der Waals surface area contributed by atoms with Crippen molar-refractivity contribution in [1.82, 2.24) is 5.16 Å². The van der Waals surface area contributed by atoms with Gasteiger partial charge < -0.3 is 14.6 Å². The minimum Gasteiger partial charge on any atom is -0.466 e. The largest absolute Gasteiger partial charge is 0.466 e. The predicted octanol–water partition coefficient (Wildman–Crippen LogP) is 7.58. The number of esters is 1. The summed E-state index contributed by atoms with van der Waals surface area (Å²) < 4.78 is 11.1. The number of benzene rings is 1. The Morgan fingerprint density at radius 1 is 1.22 bits per heavy atom. The Labute approximate surface area is 225 Å². The van der Waals surface area contributed by atoms with Crippen molar-refractivity contribution in [2.24, 2.45) is 17.3 Å². The van der Waals surface area contributed by atoms with Gasteiger partial charge in [0.15, 0.2) is 0 Å². The number of ether oxygens (including phenoxy) is 1. The highest BCUT2D eigenvalue weighted by Crippen LogP contribution is 2.52. The maximum absolute atomic E-state index is 13.4. The van der Waals surface area contributed by atoms with Crippen LogP contribution >= 0.6 is 11.6 Å². The lowest BCUT2D eigenvalue weighted by atomic mass is 9.67. The molecule has 1 N–H and O–H groups in total. The SMILES string of the molecule is CCOC(=O)CCC(Cc1noc(C2CC(CC(C)(C)C)C2)c1C1CC1)C(=O)Nc1ccc(C)cc1Cl. The summed E-state index contributed by atoms with van der Waals surface area (Å²) in [7, 11) is 0. The molecule has 2 aliphatic rings. The normalized spacial score (nSPS) is 20.3. The van der Waals surface area contributed by atoms with E-state index in [9.17, 15) is 9.59 Å². The molecule has 0 bridgehead atoms. The zero-order chi connectivity index (χ0) is 26.7. The summed E-state index contributed by atoms with van der Waals surface area (Å²) in [4.78, 5) is 25.5. The van der Waals surface area contributed by atoms with Gasteiger partial charge in [0, 0.05) is 30.2 Å². The summed E-state index contributed by atoms with van der Waals surface area (Å²) in [6.07, 6.45) is 6.76. The van der Waals surface area contributed by atoms with Crippen molar-refractivity contribution in [3.63, 3.8) is 0 Å². The molecule has 0 spiro atoms. The van der Waals surface area contributed by atoms with E-state index in [1.165, 1.54) is 12.0 Å². The summed E-state index contributed by atoms with van der Waals surface area (Å²) in [6, 6.07) is 5.55. The Morgan fingerprint density at radius 3 is 2.57 bits per heavy atom. The van der Waals surface area contributed by atoms with Crippen molar-refractivity contribution in [2.45, 2.75) is 97.8 Å². The molecular weight excluding hydrogens is 488 g/mol. The highest BCUT2D eigenvalue weighted by atomic mass is 35.5. The molecule has 1 heterocycles. The molecule has 7 heteroatoms. The van der Waals surface area contributed by atoms with Crippen LogP contribution in [0.2, 0.25) is 5.02 Å². The number of anilines is 1. The minimum atomic E-state index is -0.452. The summed E-state index contributed by atoms with van der Waals surface area (Å²) >= 11 is 6.38. The zero-order valence-electron chi connectivity index (χ0n) is 22.9. The maximum atomic E-state index is 13.4. The fourth-order valence-corrected chi connectivity index (χ4v) is 5.90. The van der Waals surface area contributed by atoms with Crippen LogP contribution in [0.5, 0.6) is 0 Å². The molecule has 2 aliphatic carbocycles. The van der Waals surface area contributed by atoms with Gasteiger partial charge in [0.05, 0.1) is 23.0 Å².